The molecule has 2 aromatic carbocycles. The number of benzene rings is 2. The van der Waals surface area contributed by atoms with Crippen molar-refractivity contribution < 1.29 is 9.59 Å². The molecule has 1 saturated heterocycles. The van der Waals surface area contributed by atoms with E-state index in [1.54, 1.807) is 24.3 Å². The maximum atomic E-state index is 12.4. The number of amides is 3. The zero-order valence-corrected chi connectivity index (χ0v) is 15.7. The van der Waals surface area contributed by atoms with Crippen molar-refractivity contribution in [3.8, 4) is 0 Å². The third-order valence-electron chi connectivity index (χ3n) is 4.60. The Hall–Kier alpha value is -2.73. The minimum atomic E-state index is -0.683. The predicted octanol–water partition coefficient (Wildman–Crippen LogP) is 3.68. The molecule has 0 aromatic heterocycles. The first-order valence-electron chi connectivity index (χ1n) is 8.97. The Bertz CT molecular complexity index is 787. The molecule has 3 rings (SSSR count). The minimum Gasteiger partial charge on any atom is -0.372 e. The molecule has 0 bridgehead atoms. The minimum absolute atomic E-state index is 0.0679. The number of halogens is 1. The van der Waals surface area contributed by atoms with Gasteiger partial charge in [0.1, 0.15) is 0 Å². The highest BCUT2D eigenvalue weighted by Gasteiger charge is 2.18. The van der Waals surface area contributed by atoms with Gasteiger partial charge in [-0.15, -0.1) is 0 Å². The van der Waals surface area contributed by atoms with Crippen molar-refractivity contribution in [2.45, 2.75) is 25.3 Å². The quantitative estimate of drug-likeness (QED) is 0.707. The maximum absolute atomic E-state index is 12.4. The number of rotatable bonds is 6. The summed E-state index contributed by atoms with van der Waals surface area (Å²) in [5.74, 6) is -0.211. The average molecular weight is 387 g/mol. The van der Waals surface area contributed by atoms with Crippen LogP contribution in [0.4, 0.5) is 16.2 Å². The summed E-state index contributed by atoms with van der Waals surface area (Å²) in [6.07, 6.45) is 2.51. The van der Waals surface area contributed by atoms with Gasteiger partial charge < -0.3 is 21.3 Å². The van der Waals surface area contributed by atoms with E-state index in [0.717, 1.165) is 24.3 Å². The van der Waals surface area contributed by atoms with Gasteiger partial charge in [0.25, 0.3) is 0 Å². The molecule has 0 unspecified atom stereocenters. The zero-order chi connectivity index (χ0) is 19.2. The second-order valence-corrected chi connectivity index (χ2v) is 7.04. The lowest BCUT2D eigenvalue weighted by molar-refractivity contribution is -0.116. The van der Waals surface area contributed by atoms with Crippen molar-refractivity contribution in [1.29, 1.82) is 0 Å². The van der Waals surface area contributed by atoms with Crippen LogP contribution in [0.1, 0.15) is 30.9 Å². The second kappa shape index (κ2) is 8.77. The summed E-state index contributed by atoms with van der Waals surface area (Å²) in [7, 11) is 0. The van der Waals surface area contributed by atoms with Gasteiger partial charge in [-0.2, -0.15) is 0 Å². The summed E-state index contributed by atoms with van der Waals surface area (Å²) in [4.78, 5) is 26.1. The predicted molar refractivity (Wildman–Crippen MR) is 108 cm³/mol. The second-order valence-electron chi connectivity index (χ2n) is 6.61. The third-order valence-corrected chi connectivity index (χ3v) is 4.85. The fourth-order valence-corrected chi connectivity index (χ4v) is 3.37. The van der Waals surface area contributed by atoms with Crippen LogP contribution in [0.3, 0.4) is 0 Å². The molecule has 1 heterocycles. The number of primary amides is 1. The molecule has 0 radical (unpaired) electrons. The third kappa shape index (κ3) is 5.37. The molecule has 7 heteroatoms. The summed E-state index contributed by atoms with van der Waals surface area (Å²) >= 11 is 5.90. The van der Waals surface area contributed by atoms with Crippen molar-refractivity contribution in [3.05, 3.63) is 59.1 Å². The number of nitrogens with one attached hydrogen (secondary N) is 2. The standard InChI is InChI=1S/C20H23ClN4O2/c21-15-5-3-14(4-6-15)18(24-20(22)27)13-19(26)23-16-7-9-17(10-8-16)25-11-1-2-12-25/h3-10,18H,1-2,11-13H2,(H,23,26)(H3,22,24,27)/t18-/m1/s1. The first-order valence-corrected chi connectivity index (χ1v) is 9.35. The fraction of sp³-hybridized carbons (Fsp3) is 0.300. The summed E-state index contributed by atoms with van der Waals surface area (Å²) in [5, 5.41) is 6.06. The van der Waals surface area contributed by atoms with Gasteiger partial charge in [-0.25, -0.2) is 4.79 Å². The van der Waals surface area contributed by atoms with Crippen LogP contribution >= 0.6 is 11.6 Å². The number of hydrogen-bond acceptors (Lipinski definition) is 3. The number of anilines is 2. The summed E-state index contributed by atoms with van der Waals surface area (Å²) in [5.41, 5.74) is 7.90. The smallest absolute Gasteiger partial charge is 0.312 e. The van der Waals surface area contributed by atoms with Crippen molar-refractivity contribution in [2.75, 3.05) is 23.3 Å². The summed E-state index contributed by atoms with van der Waals surface area (Å²) < 4.78 is 0. The normalized spacial score (nSPS) is 14.6. The number of nitrogens with two attached hydrogens (primary N) is 1. The van der Waals surface area contributed by atoms with E-state index in [9.17, 15) is 9.59 Å². The highest BCUT2D eigenvalue weighted by atomic mass is 35.5. The van der Waals surface area contributed by atoms with Gasteiger partial charge in [-0.3, -0.25) is 4.79 Å². The van der Waals surface area contributed by atoms with Crippen molar-refractivity contribution in [3.63, 3.8) is 0 Å². The Morgan fingerprint density at radius 2 is 1.67 bits per heavy atom. The van der Waals surface area contributed by atoms with Crippen LogP contribution in [-0.4, -0.2) is 25.0 Å². The van der Waals surface area contributed by atoms with E-state index in [1.165, 1.54) is 18.5 Å². The van der Waals surface area contributed by atoms with Gasteiger partial charge in [0.2, 0.25) is 5.91 Å². The highest BCUT2D eigenvalue weighted by Crippen LogP contribution is 2.23. The fourth-order valence-electron chi connectivity index (χ4n) is 3.25. The molecule has 2 aromatic rings. The van der Waals surface area contributed by atoms with Crippen molar-refractivity contribution in [2.24, 2.45) is 5.73 Å². The van der Waals surface area contributed by atoms with Crippen molar-refractivity contribution >= 4 is 34.9 Å². The molecule has 0 saturated carbocycles. The number of urea groups is 1. The molecule has 1 atom stereocenters. The summed E-state index contributed by atoms with van der Waals surface area (Å²) in [6.45, 7) is 2.15. The van der Waals surface area contributed by atoms with Crippen LogP contribution in [0.25, 0.3) is 0 Å². The molecule has 1 aliphatic heterocycles. The van der Waals surface area contributed by atoms with Crippen LogP contribution in [-0.2, 0) is 4.79 Å². The Kier molecular flexibility index (Phi) is 6.19. The summed E-state index contributed by atoms with van der Waals surface area (Å²) in [6, 6.07) is 13.6. The molecule has 142 valence electrons. The van der Waals surface area contributed by atoms with Gasteiger partial charge >= 0.3 is 6.03 Å². The first kappa shape index (κ1) is 19.0. The first-order chi connectivity index (χ1) is 13.0. The van der Waals surface area contributed by atoms with E-state index in [1.807, 2.05) is 24.3 Å². The molecule has 0 spiro atoms. The Balaban J connectivity index is 1.63. The molecule has 0 aliphatic carbocycles. The molecule has 4 N–H and O–H groups in total. The molecule has 1 fully saturated rings. The van der Waals surface area contributed by atoms with E-state index >= 15 is 0 Å². The van der Waals surface area contributed by atoms with E-state index in [2.05, 4.69) is 15.5 Å². The number of nitrogens with zero attached hydrogens (tertiary/aromatic N) is 1. The average Bonchev–Trinajstić information content (AvgIpc) is 3.17. The lowest BCUT2D eigenvalue weighted by atomic mass is 10.0. The lowest BCUT2D eigenvalue weighted by Gasteiger charge is -2.19. The topological polar surface area (TPSA) is 87.5 Å². The lowest BCUT2D eigenvalue weighted by Crippen LogP contribution is -2.35. The Labute approximate surface area is 163 Å². The van der Waals surface area contributed by atoms with Crippen LogP contribution in [0, 0.1) is 0 Å². The molecular weight excluding hydrogens is 364 g/mol. The van der Waals surface area contributed by atoms with Crippen LogP contribution in [0.5, 0.6) is 0 Å². The number of carbonyl (C=O) groups is 2. The van der Waals surface area contributed by atoms with Gasteiger partial charge in [-0.1, -0.05) is 23.7 Å². The largest absolute Gasteiger partial charge is 0.372 e. The number of carbonyl (C=O) groups excluding carboxylic acids is 2. The van der Waals surface area contributed by atoms with E-state index < -0.39 is 12.1 Å². The zero-order valence-electron chi connectivity index (χ0n) is 15.0. The molecule has 3 amide bonds. The molecular formula is C20H23ClN4O2. The van der Waals surface area contributed by atoms with Gasteiger partial charge in [0.15, 0.2) is 0 Å². The van der Waals surface area contributed by atoms with E-state index in [4.69, 9.17) is 17.3 Å². The van der Waals surface area contributed by atoms with Gasteiger partial charge in [-0.05, 0) is 54.8 Å². The molecule has 1 aliphatic rings. The van der Waals surface area contributed by atoms with Crippen LogP contribution < -0.4 is 21.3 Å². The van der Waals surface area contributed by atoms with E-state index in [-0.39, 0.29) is 12.3 Å². The molecule has 27 heavy (non-hydrogen) atoms. The Morgan fingerprint density at radius 3 is 2.26 bits per heavy atom. The monoisotopic (exact) mass is 386 g/mol. The van der Waals surface area contributed by atoms with Crippen LogP contribution in [0.15, 0.2) is 48.5 Å². The highest BCUT2D eigenvalue weighted by molar-refractivity contribution is 6.30. The number of hydrogen-bond donors (Lipinski definition) is 3. The molecule has 6 nitrogen and oxygen atoms in total. The Morgan fingerprint density at radius 1 is 1.04 bits per heavy atom. The van der Waals surface area contributed by atoms with Crippen LogP contribution in [0.2, 0.25) is 5.02 Å². The van der Waals surface area contributed by atoms with Gasteiger partial charge in [0, 0.05) is 29.5 Å². The van der Waals surface area contributed by atoms with Gasteiger partial charge in [0.05, 0.1) is 12.5 Å². The SMILES string of the molecule is NC(=O)N[C@H](CC(=O)Nc1ccc(N2CCCC2)cc1)c1ccc(Cl)cc1. The van der Waals surface area contributed by atoms with E-state index in [0.29, 0.717) is 5.02 Å². The van der Waals surface area contributed by atoms with Crippen molar-refractivity contribution in [1.82, 2.24) is 5.32 Å². The maximum Gasteiger partial charge on any atom is 0.312 e.